The Hall–Kier alpha value is -0.0700. The van der Waals surface area contributed by atoms with E-state index in [1.807, 2.05) is 0 Å². The van der Waals surface area contributed by atoms with Crippen LogP contribution in [0.15, 0.2) is 12.2 Å². The molecule has 0 bridgehead atoms. The third-order valence-electron chi connectivity index (χ3n) is 0.975. The first kappa shape index (κ1) is 10.9. The molecular weight excluding hydrogens is 183 g/mol. The first-order valence-corrected chi connectivity index (χ1v) is 4.42. The van der Waals surface area contributed by atoms with Gasteiger partial charge in [0.25, 0.3) is 0 Å². The lowest BCUT2D eigenvalue weighted by Crippen LogP contribution is -2.14. The van der Waals surface area contributed by atoms with Crippen LogP contribution in [0.5, 0.6) is 0 Å². The zero-order chi connectivity index (χ0) is 8.85. The summed E-state index contributed by atoms with van der Waals surface area (Å²) in [6.07, 6.45) is 0. The summed E-state index contributed by atoms with van der Waals surface area (Å²) in [4.78, 5) is 10.8. The van der Waals surface area contributed by atoms with Crippen molar-refractivity contribution in [2.45, 2.75) is 12.6 Å². The summed E-state index contributed by atoms with van der Waals surface area (Å²) in [7, 11) is 2.49. The van der Waals surface area contributed by atoms with Crippen molar-refractivity contribution in [2.24, 2.45) is 0 Å². The number of hydrogen-bond donors (Lipinski definition) is 0. The fourth-order valence-electron chi connectivity index (χ4n) is 0.350. The number of carbonyl (C=O) groups excluding carboxylic acids is 1. The van der Waals surface area contributed by atoms with Crippen molar-refractivity contribution < 1.29 is 9.53 Å². The van der Waals surface area contributed by atoms with Gasteiger partial charge in [0, 0.05) is 17.1 Å². The highest BCUT2D eigenvalue weighted by Gasteiger charge is 2.06. The molecule has 0 aromatic rings. The summed E-state index contributed by atoms with van der Waals surface area (Å²) in [5, 5.41) is 0. The van der Waals surface area contributed by atoms with E-state index in [-0.39, 0.29) is 11.6 Å². The molecular formula is C7H12ClO2P. The Bertz CT molecular complexity index is 159. The minimum absolute atomic E-state index is 0.125. The molecule has 0 fully saturated rings. The van der Waals surface area contributed by atoms with E-state index in [4.69, 9.17) is 16.3 Å². The van der Waals surface area contributed by atoms with Gasteiger partial charge < -0.3 is 4.74 Å². The second-order valence-electron chi connectivity index (χ2n) is 2.29. The van der Waals surface area contributed by atoms with Crippen LogP contribution in [0.1, 0.15) is 6.92 Å². The van der Waals surface area contributed by atoms with Gasteiger partial charge in [-0.2, -0.15) is 0 Å². The van der Waals surface area contributed by atoms with Crippen molar-refractivity contribution in [3.8, 4) is 0 Å². The Morgan fingerprint density at radius 1 is 1.82 bits per heavy atom. The molecule has 0 radical (unpaired) electrons. The Morgan fingerprint density at radius 3 is 2.73 bits per heavy atom. The average Bonchev–Trinajstić information content (AvgIpc) is 1.99. The first-order valence-electron chi connectivity index (χ1n) is 3.22. The zero-order valence-electron chi connectivity index (χ0n) is 6.47. The number of alkyl halides is 1. The molecule has 0 aromatic carbocycles. The number of esters is 1. The highest BCUT2D eigenvalue weighted by molar-refractivity contribution is 7.17. The van der Waals surface area contributed by atoms with Gasteiger partial charge in [-0.15, -0.1) is 20.8 Å². The van der Waals surface area contributed by atoms with Crippen LogP contribution in [0.4, 0.5) is 0 Å². The van der Waals surface area contributed by atoms with Crippen LogP contribution in [0.2, 0.25) is 0 Å². The Kier molecular flexibility index (Phi) is 5.53. The SMILES string of the molecule is C=C(C)C(=O)OCC(P)CCl. The number of halogens is 1. The van der Waals surface area contributed by atoms with E-state index in [0.717, 1.165) is 0 Å². The lowest BCUT2D eigenvalue weighted by atomic mass is 10.4. The Balaban J connectivity index is 3.54. The van der Waals surface area contributed by atoms with Gasteiger partial charge in [-0.05, 0) is 6.92 Å². The maximum absolute atomic E-state index is 10.8. The van der Waals surface area contributed by atoms with E-state index in [1.165, 1.54) is 0 Å². The van der Waals surface area contributed by atoms with Crippen molar-refractivity contribution in [1.29, 1.82) is 0 Å². The summed E-state index contributed by atoms with van der Waals surface area (Å²) in [5.74, 6) is 0.108. The summed E-state index contributed by atoms with van der Waals surface area (Å²) in [5.41, 5.74) is 0.539. The predicted molar refractivity (Wildman–Crippen MR) is 50.0 cm³/mol. The van der Waals surface area contributed by atoms with Crippen molar-refractivity contribution >= 4 is 26.8 Å². The molecule has 0 aromatic heterocycles. The summed E-state index contributed by atoms with van der Waals surface area (Å²) in [6.45, 7) is 5.39. The smallest absolute Gasteiger partial charge is 0.333 e. The molecule has 0 aliphatic carbocycles. The van der Waals surface area contributed by atoms with Crippen LogP contribution < -0.4 is 0 Å². The standard InChI is InChI=1S/C7H12ClO2P/c1-5(2)7(9)10-4-6(11)3-8/h6H,1,3-4,11H2,2H3. The monoisotopic (exact) mass is 194 g/mol. The Morgan fingerprint density at radius 2 is 2.36 bits per heavy atom. The van der Waals surface area contributed by atoms with Crippen LogP contribution in [0.3, 0.4) is 0 Å². The number of hydrogen-bond acceptors (Lipinski definition) is 2. The van der Waals surface area contributed by atoms with E-state index in [9.17, 15) is 4.79 Å². The number of carbonyl (C=O) groups is 1. The van der Waals surface area contributed by atoms with Gasteiger partial charge >= 0.3 is 5.97 Å². The van der Waals surface area contributed by atoms with Gasteiger partial charge in [0.05, 0.1) is 6.61 Å². The maximum atomic E-state index is 10.8. The second kappa shape index (κ2) is 5.56. The van der Waals surface area contributed by atoms with Gasteiger partial charge in [0.1, 0.15) is 0 Å². The summed E-state index contributed by atoms with van der Waals surface area (Å²) >= 11 is 5.48. The van der Waals surface area contributed by atoms with Gasteiger partial charge in [-0.3, -0.25) is 0 Å². The molecule has 0 amide bonds. The largest absolute Gasteiger partial charge is 0.462 e. The van der Waals surface area contributed by atoms with Gasteiger partial charge in [0.15, 0.2) is 0 Å². The van der Waals surface area contributed by atoms with Crippen LogP contribution in [0, 0.1) is 0 Å². The van der Waals surface area contributed by atoms with Gasteiger partial charge in [0.2, 0.25) is 0 Å². The normalized spacial score (nSPS) is 12.3. The summed E-state index contributed by atoms with van der Waals surface area (Å²) < 4.78 is 4.81. The molecule has 64 valence electrons. The maximum Gasteiger partial charge on any atom is 0.333 e. The number of ether oxygens (including phenoxy) is 1. The van der Waals surface area contributed by atoms with E-state index in [2.05, 4.69) is 15.8 Å². The molecule has 0 aliphatic heterocycles. The van der Waals surface area contributed by atoms with E-state index in [1.54, 1.807) is 6.92 Å². The molecule has 0 rings (SSSR count). The van der Waals surface area contributed by atoms with Crippen LogP contribution in [-0.4, -0.2) is 24.1 Å². The third kappa shape index (κ3) is 5.23. The fraction of sp³-hybridized carbons (Fsp3) is 0.571. The second-order valence-corrected chi connectivity index (χ2v) is 3.54. The molecule has 0 aliphatic rings. The van der Waals surface area contributed by atoms with Crippen LogP contribution in [0.25, 0.3) is 0 Å². The molecule has 0 saturated heterocycles. The quantitative estimate of drug-likeness (QED) is 0.294. The van der Waals surface area contributed by atoms with Gasteiger partial charge in [-0.1, -0.05) is 6.58 Å². The van der Waals surface area contributed by atoms with Crippen molar-refractivity contribution in [1.82, 2.24) is 0 Å². The molecule has 2 unspecified atom stereocenters. The van der Waals surface area contributed by atoms with Crippen molar-refractivity contribution in [2.75, 3.05) is 12.5 Å². The molecule has 4 heteroatoms. The molecule has 0 heterocycles. The average molecular weight is 195 g/mol. The molecule has 0 spiro atoms. The van der Waals surface area contributed by atoms with Crippen molar-refractivity contribution in [3.05, 3.63) is 12.2 Å². The van der Waals surface area contributed by atoms with E-state index < -0.39 is 0 Å². The summed E-state index contributed by atoms with van der Waals surface area (Å²) in [6, 6.07) is 0. The third-order valence-corrected chi connectivity index (χ3v) is 2.10. The van der Waals surface area contributed by atoms with Crippen molar-refractivity contribution in [3.63, 3.8) is 0 Å². The zero-order valence-corrected chi connectivity index (χ0v) is 8.38. The lowest BCUT2D eigenvalue weighted by molar-refractivity contribution is -0.138. The molecule has 2 nitrogen and oxygen atoms in total. The Labute approximate surface area is 74.1 Å². The highest BCUT2D eigenvalue weighted by atomic mass is 35.5. The van der Waals surface area contributed by atoms with E-state index >= 15 is 0 Å². The molecule has 2 atom stereocenters. The van der Waals surface area contributed by atoms with Crippen LogP contribution >= 0.6 is 20.8 Å². The van der Waals surface area contributed by atoms with E-state index in [0.29, 0.717) is 18.1 Å². The topological polar surface area (TPSA) is 26.3 Å². The number of rotatable bonds is 4. The first-order chi connectivity index (χ1) is 5.07. The molecule has 11 heavy (non-hydrogen) atoms. The molecule has 0 saturated carbocycles. The van der Waals surface area contributed by atoms with Gasteiger partial charge in [-0.25, -0.2) is 4.79 Å². The lowest BCUT2D eigenvalue weighted by Gasteiger charge is -2.07. The predicted octanol–water partition coefficient (Wildman–Crippen LogP) is 1.59. The highest BCUT2D eigenvalue weighted by Crippen LogP contribution is 2.04. The molecule has 0 N–H and O–H groups in total. The minimum Gasteiger partial charge on any atom is -0.462 e. The minimum atomic E-state index is -0.359. The fourth-order valence-corrected chi connectivity index (χ4v) is 0.536. The van der Waals surface area contributed by atoms with Crippen LogP contribution in [-0.2, 0) is 9.53 Å².